The zero-order valence-electron chi connectivity index (χ0n) is 11.7. The van der Waals surface area contributed by atoms with Crippen molar-refractivity contribution in [3.63, 3.8) is 0 Å². The Balaban J connectivity index is 1.78. The number of hydrogen-bond acceptors (Lipinski definition) is 3. The standard InChI is InChI=1S/C16H23NO2/c1-19-13-5-10-17-11-8-15(9-12-17)16(18)14-6-3-2-4-7-14/h2-4,6-7,15H,5,8-13H2,1H3. The summed E-state index contributed by atoms with van der Waals surface area (Å²) in [6.07, 6.45) is 3.05. The smallest absolute Gasteiger partial charge is 0.166 e. The number of carbonyl (C=O) groups excluding carboxylic acids is 1. The topological polar surface area (TPSA) is 29.5 Å². The third-order valence-electron chi connectivity index (χ3n) is 3.84. The summed E-state index contributed by atoms with van der Waals surface area (Å²) in [5.74, 6) is 0.526. The van der Waals surface area contributed by atoms with E-state index in [-0.39, 0.29) is 5.92 Å². The van der Waals surface area contributed by atoms with E-state index in [0.29, 0.717) is 5.78 Å². The number of carbonyl (C=O) groups is 1. The molecular weight excluding hydrogens is 238 g/mol. The van der Waals surface area contributed by atoms with Crippen LogP contribution in [0.25, 0.3) is 0 Å². The summed E-state index contributed by atoms with van der Waals surface area (Å²) in [5.41, 5.74) is 0.861. The van der Waals surface area contributed by atoms with Crippen LogP contribution in [0.5, 0.6) is 0 Å². The molecule has 0 saturated carbocycles. The molecule has 104 valence electrons. The lowest BCUT2D eigenvalue weighted by molar-refractivity contribution is 0.0829. The average molecular weight is 261 g/mol. The zero-order valence-corrected chi connectivity index (χ0v) is 11.7. The van der Waals surface area contributed by atoms with Gasteiger partial charge >= 0.3 is 0 Å². The predicted octanol–water partition coefficient (Wildman–Crippen LogP) is 2.62. The normalized spacial score (nSPS) is 17.5. The van der Waals surface area contributed by atoms with E-state index in [1.165, 1.54) is 0 Å². The summed E-state index contributed by atoms with van der Waals surface area (Å²) in [5, 5.41) is 0. The Morgan fingerprint density at radius 1 is 1.26 bits per heavy atom. The first-order valence-electron chi connectivity index (χ1n) is 7.12. The third-order valence-corrected chi connectivity index (χ3v) is 3.84. The molecule has 1 heterocycles. The maximum atomic E-state index is 12.3. The molecule has 1 fully saturated rings. The van der Waals surface area contributed by atoms with Gasteiger partial charge in [-0.3, -0.25) is 4.79 Å². The van der Waals surface area contributed by atoms with Crippen molar-refractivity contribution in [1.29, 1.82) is 0 Å². The van der Waals surface area contributed by atoms with Gasteiger partial charge in [0.25, 0.3) is 0 Å². The molecule has 0 bridgehead atoms. The van der Waals surface area contributed by atoms with Crippen LogP contribution in [-0.4, -0.2) is 44.0 Å². The van der Waals surface area contributed by atoms with Gasteiger partial charge in [0.1, 0.15) is 0 Å². The second-order valence-electron chi connectivity index (χ2n) is 5.19. The van der Waals surface area contributed by atoms with Crippen LogP contribution in [0.3, 0.4) is 0 Å². The van der Waals surface area contributed by atoms with Gasteiger partial charge in [0, 0.05) is 31.7 Å². The zero-order chi connectivity index (χ0) is 13.5. The first kappa shape index (κ1) is 14.2. The van der Waals surface area contributed by atoms with Crippen LogP contribution in [0.1, 0.15) is 29.6 Å². The number of rotatable bonds is 6. The van der Waals surface area contributed by atoms with E-state index < -0.39 is 0 Å². The van der Waals surface area contributed by atoms with Crippen LogP contribution >= 0.6 is 0 Å². The lowest BCUT2D eigenvalue weighted by atomic mass is 9.89. The van der Waals surface area contributed by atoms with Gasteiger partial charge in [-0.15, -0.1) is 0 Å². The highest BCUT2D eigenvalue weighted by molar-refractivity contribution is 5.97. The fraction of sp³-hybridized carbons (Fsp3) is 0.562. The summed E-state index contributed by atoms with van der Waals surface area (Å²) in [6, 6.07) is 9.68. The van der Waals surface area contributed by atoms with E-state index in [2.05, 4.69) is 4.90 Å². The molecule has 2 rings (SSSR count). The van der Waals surface area contributed by atoms with E-state index >= 15 is 0 Å². The van der Waals surface area contributed by atoms with Crippen LogP contribution in [0.4, 0.5) is 0 Å². The van der Waals surface area contributed by atoms with E-state index in [0.717, 1.165) is 51.1 Å². The second-order valence-corrected chi connectivity index (χ2v) is 5.19. The highest BCUT2D eigenvalue weighted by Gasteiger charge is 2.25. The first-order valence-corrected chi connectivity index (χ1v) is 7.12. The summed E-state index contributed by atoms with van der Waals surface area (Å²) in [7, 11) is 1.74. The number of piperidine rings is 1. The summed E-state index contributed by atoms with van der Waals surface area (Å²) in [4.78, 5) is 14.8. The summed E-state index contributed by atoms with van der Waals surface area (Å²) >= 11 is 0. The Kier molecular flexibility index (Phi) is 5.55. The van der Waals surface area contributed by atoms with Crippen molar-refractivity contribution in [1.82, 2.24) is 4.90 Å². The van der Waals surface area contributed by atoms with Crippen molar-refractivity contribution in [3.8, 4) is 0 Å². The Hall–Kier alpha value is -1.19. The minimum atomic E-state index is 0.209. The molecule has 3 heteroatoms. The molecule has 3 nitrogen and oxygen atoms in total. The van der Waals surface area contributed by atoms with E-state index in [4.69, 9.17) is 4.74 Å². The van der Waals surface area contributed by atoms with Crippen molar-refractivity contribution >= 4 is 5.78 Å². The monoisotopic (exact) mass is 261 g/mol. The Morgan fingerprint density at radius 2 is 1.95 bits per heavy atom. The van der Waals surface area contributed by atoms with Crippen molar-refractivity contribution in [2.45, 2.75) is 19.3 Å². The Bertz CT molecular complexity index is 383. The lowest BCUT2D eigenvalue weighted by Gasteiger charge is -2.31. The maximum absolute atomic E-state index is 12.3. The number of hydrogen-bond donors (Lipinski definition) is 0. The number of benzene rings is 1. The van der Waals surface area contributed by atoms with Crippen molar-refractivity contribution in [2.24, 2.45) is 5.92 Å². The number of methoxy groups -OCH3 is 1. The number of ether oxygens (including phenoxy) is 1. The molecule has 1 aliphatic heterocycles. The summed E-state index contributed by atoms with van der Waals surface area (Å²) in [6.45, 7) is 3.98. The van der Waals surface area contributed by atoms with E-state index in [1.54, 1.807) is 7.11 Å². The molecule has 1 aromatic carbocycles. The fourth-order valence-corrected chi connectivity index (χ4v) is 2.69. The van der Waals surface area contributed by atoms with Crippen LogP contribution in [0.2, 0.25) is 0 Å². The number of likely N-dealkylation sites (tertiary alicyclic amines) is 1. The Labute approximate surface area is 115 Å². The molecule has 0 aliphatic carbocycles. The quantitative estimate of drug-likeness (QED) is 0.582. The molecule has 19 heavy (non-hydrogen) atoms. The number of ketones is 1. The molecule has 1 saturated heterocycles. The lowest BCUT2D eigenvalue weighted by Crippen LogP contribution is -2.37. The molecule has 0 aromatic heterocycles. The molecule has 0 amide bonds. The van der Waals surface area contributed by atoms with Gasteiger partial charge in [-0.1, -0.05) is 30.3 Å². The minimum absolute atomic E-state index is 0.209. The van der Waals surface area contributed by atoms with Gasteiger partial charge in [-0.2, -0.15) is 0 Å². The predicted molar refractivity (Wildman–Crippen MR) is 76.4 cm³/mol. The van der Waals surface area contributed by atoms with Crippen LogP contribution in [0, 0.1) is 5.92 Å². The van der Waals surface area contributed by atoms with Gasteiger partial charge < -0.3 is 9.64 Å². The minimum Gasteiger partial charge on any atom is -0.385 e. The number of Topliss-reactive ketones (excluding diaryl/α,β-unsaturated/α-hetero) is 1. The maximum Gasteiger partial charge on any atom is 0.166 e. The van der Waals surface area contributed by atoms with Gasteiger partial charge in [0.05, 0.1) is 0 Å². The van der Waals surface area contributed by atoms with Crippen LogP contribution < -0.4 is 0 Å². The Morgan fingerprint density at radius 3 is 2.58 bits per heavy atom. The van der Waals surface area contributed by atoms with E-state index in [1.807, 2.05) is 30.3 Å². The van der Waals surface area contributed by atoms with Gasteiger partial charge in [0.2, 0.25) is 0 Å². The average Bonchev–Trinajstić information content (AvgIpc) is 2.48. The van der Waals surface area contributed by atoms with Crippen LogP contribution in [-0.2, 0) is 4.74 Å². The first-order chi connectivity index (χ1) is 9.31. The molecule has 0 atom stereocenters. The molecule has 0 radical (unpaired) electrons. The highest BCUT2D eigenvalue weighted by Crippen LogP contribution is 2.21. The van der Waals surface area contributed by atoms with Crippen LogP contribution in [0.15, 0.2) is 30.3 Å². The van der Waals surface area contributed by atoms with Crippen molar-refractivity contribution in [2.75, 3.05) is 33.4 Å². The molecule has 0 spiro atoms. The number of nitrogens with zero attached hydrogens (tertiary/aromatic N) is 1. The van der Waals surface area contributed by atoms with Gasteiger partial charge in [-0.25, -0.2) is 0 Å². The third kappa shape index (κ3) is 4.15. The van der Waals surface area contributed by atoms with Gasteiger partial charge in [-0.05, 0) is 32.4 Å². The molecule has 1 aromatic rings. The fourth-order valence-electron chi connectivity index (χ4n) is 2.69. The molecule has 0 N–H and O–H groups in total. The van der Waals surface area contributed by atoms with Crippen molar-refractivity contribution in [3.05, 3.63) is 35.9 Å². The van der Waals surface area contributed by atoms with Crippen molar-refractivity contribution < 1.29 is 9.53 Å². The van der Waals surface area contributed by atoms with Gasteiger partial charge in [0.15, 0.2) is 5.78 Å². The largest absolute Gasteiger partial charge is 0.385 e. The highest BCUT2D eigenvalue weighted by atomic mass is 16.5. The molecule has 1 aliphatic rings. The SMILES string of the molecule is COCCCN1CCC(C(=O)c2ccccc2)CC1. The molecular formula is C16H23NO2. The molecule has 0 unspecified atom stereocenters. The summed E-state index contributed by atoms with van der Waals surface area (Å²) < 4.78 is 5.07. The van der Waals surface area contributed by atoms with E-state index in [9.17, 15) is 4.79 Å². The second kappa shape index (κ2) is 7.41.